The molecule has 0 bridgehead atoms. The van der Waals surface area contributed by atoms with Crippen molar-refractivity contribution in [2.24, 2.45) is 0 Å². The predicted octanol–water partition coefficient (Wildman–Crippen LogP) is 4.41. The quantitative estimate of drug-likeness (QED) is 0.475. The number of nitrogens with zero attached hydrogens (tertiary/aromatic N) is 1. The number of nitrogens with one attached hydrogen (secondary N) is 1. The van der Waals surface area contributed by atoms with E-state index >= 15 is 0 Å². The number of urea groups is 1. The first-order chi connectivity index (χ1) is 12.9. The average molecular weight is 496 g/mol. The highest BCUT2D eigenvalue weighted by Crippen LogP contribution is 2.35. The van der Waals surface area contributed by atoms with Crippen LogP contribution < -0.4 is 10.1 Å². The highest BCUT2D eigenvalue weighted by atomic mass is 79.9. The largest absolute Gasteiger partial charge is 0.504 e. The molecule has 0 saturated carbocycles. The molecule has 0 radical (unpaired) electrons. The molecule has 27 heavy (non-hydrogen) atoms. The Morgan fingerprint density at radius 2 is 1.85 bits per heavy atom. The van der Waals surface area contributed by atoms with Gasteiger partial charge in [-0.25, -0.2) is 4.79 Å². The summed E-state index contributed by atoms with van der Waals surface area (Å²) in [4.78, 5) is 26.0. The first-order valence-corrected chi connectivity index (χ1v) is 9.72. The first kappa shape index (κ1) is 19.4. The van der Waals surface area contributed by atoms with E-state index in [4.69, 9.17) is 4.74 Å². The molecular formula is C19H16Br2N2O4. The lowest BCUT2D eigenvalue weighted by atomic mass is 10.1. The second-order valence-corrected chi connectivity index (χ2v) is 7.61. The molecule has 0 unspecified atom stereocenters. The molecule has 8 heteroatoms. The Bertz CT molecular complexity index is 926. The third kappa shape index (κ3) is 4.33. The molecule has 1 saturated heterocycles. The molecule has 0 spiro atoms. The number of phenols is 1. The average Bonchev–Trinajstić information content (AvgIpc) is 2.88. The van der Waals surface area contributed by atoms with Crippen molar-refractivity contribution in [2.75, 3.05) is 6.61 Å². The van der Waals surface area contributed by atoms with Crippen molar-refractivity contribution in [3.8, 4) is 11.5 Å². The third-order valence-corrected chi connectivity index (χ3v) is 4.87. The number of amides is 3. The zero-order valence-electron chi connectivity index (χ0n) is 14.3. The summed E-state index contributed by atoms with van der Waals surface area (Å²) in [5.74, 6) is -0.261. The molecule has 6 nitrogen and oxygen atoms in total. The van der Waals surface area contributed by atoms with Crippen molar-refractivity contribution in [1.29, 1.82) is 0 Å². The summed E-state index contributed by atoms with van der Waals surface area (Å²) in [5.41, 5.74) is 1.28. The Kier molecular flexibility index (Phi) is 5.86. The van der Waals surface area contributed by atoms with Gasteiger partial charge in [0, 0.05) is 14.5 Å². The van der Waals surface area contributed by atoms with Gasteiger partial charge >= 0.3 is 6.03 Å². The van der Waals surface area contributed by atoms with Crippen LogP contribution in [0.1, 0.15) is 18.1 Å². The summed E-state index contributed by atoms with van der Waals surface area (Å²) >= 11 is 6.70. The van der Waals surface area contributed by atoms with Crippen LogP contribution in [0.15, 0.2) is 51.0 Å². The Balaban J connectivity index is 1.87. The van der Waals surface area contributed by atoms with Crippen LogP contribution in [0.2, 0.25) is 0 Å². The van der Waals surface area contributed by atoms with Crippen LogP contribution in [-0.4, -0.2) is 28.6 Å². The summed E-state index contributed by atoms with van der Waals surface area (Å²) in [6, 6.07) is 10.1. The molecule has 3 amide bonds. The van der Waals surface area contributed by atoms with Gasteiger partial charge < -0.3 is 15.2 Å². The molecule has 0 aliphatic carbocycles. The van der Waals surface area contributed by atoms with Gasteiger partial charge in [0.1, 0.15) is 5.70 Å². The molecule has 2 N–H and O–H groups in total. The minimum atomic E-state index is -0.506. The third-order valence-electron chi connectivity index (χ3n) is 3.89. The maximum absolute atomic E-state index is 12.6. The van der Waals surface area contributed by atoms with E-state index in [0.29, 0.717) is 22.4 Å². The number of carbonyl (C=O) groups excluding carboxylic acids is 2. The fraction of sp³-hybridized carbons (Fsp3) is 0.158. The Hall–Kier alpha value is -2.32. The summed E-state index contributed by atoms with van der Waals surface area (Å²) in [6.07, 6.45) is 1.43. The molecule has 2 aromatic rings. The molecule has 1 fully saturated rings. The van der Waals surface area contributed by atoms with Crippen LogP contribution in [-0.2, 0) is 11.3 Å². The zero-order valence-corrected chi connectivity index (χ0v) is 17.5. The van der Waals surface area contributed by atoms with Crippen LogP contribution in [0.25, 0.3) is 6.08 Å². The first-order valence-electron chi connectivity index (χ1n) is 8.13. The number of hydrogen-bond acceptors (Lipinski definition) is 4. The van der Waals surface area contributed by atoms with Crippen molar-refractivity contribution in [2.45, 2.75) is 13.5 Å². The lowest BCUT2D eigenvalue weighted by Gasteiger charge is -2.12. The number of ether oxygens (including phenoxy) is 1. The normalized spacial score (nSPS) is 15.4. The summed E-state index contributed by atoms with van der Waals surface area (Å²) in [6.45, 7) is 2.35. The van der Waals surface area contributed by atoms with Gasteiger partial charge in [0.25, 0.3) is 5.91 Å². The van der Waals surface area contributed by atoms with Gasteiger partial charge in [-0.1, -0.05) is 44.0 Å². The standard InChI is InChI=1S/C19H16Br2N2O4/c1-2-27-16-9-14(21)7-12(17(16)24)8-15-18(25)23(19(26)22-15)10-11-3-5-13(20)6-4-11/h3-9,24H,2,10H2,1H3,(H,22,26)/b15-8+. The molecule has 140 valence electrons. The minimum absolute atomic E-state index is 0.0907. The lowest BCUT2D eigenvalue weighted by Crippen LogP contribution is -2.30. The van der Waals surface area contributed by atoms with Crippen molar-refractivity contribution in [3.63, 3.8) is 0 Å². The second kappa shape index (κ2) is 8.14. The van der Waals surface area contributed by atoms with E-state index in [-0.39, 0.29) is 18.0 Å². The topological polar surface area (TPSA) is 78.9 Å². The summed E-state index contributed by atoms with van der Waals surface area (Å²) < 4.78 is 6.98. The van der Waals surface area contributed by atoms with Crippen LogP contribution in [0, 0.1) is 0 Å². The van der Waals surface area contributed by atoms with Gasteiger partial charge in [-0.15, -0.1) is 0 Å². The van der Waals surface area contributed by atoms with Crippen LogP contribution in [0.5, 0.6) is 11.5 Å². The number of carbonyl (C=O) groups is 2. The van der Waals surface area contributed by atoms with E-state index in [2.05, 4.69) is 37.2 Å². The lowest BCUT2D eigenvalue weighted by molar-refractivity contribution is -0.123. The fourth-order valence-corrected chi connectivity index (χ4v) is 3.33. The van der Waals surface area contributed by atoms with Crippen molar-refractivity contribution in [1.82, 2.24) is 10.2 Å². The van der Waals surface area contributed by atoms with Gasteiger partial charge in [0.05, 0.1) is 13.2 Å². The van der Waals surface area contributed by atoms with Crippen LogP contribution in [0.4, 0.5) is 4.79 Å². The monoisotopic (exact) mass is 494 g/mol. The summed E-state index contributed by atoms with van der Waals surface area (Å²) in [7, 11) is 0. The van der Waals surface area contributed by atoms with E-state index in [1.165, 1.54) is 6.08 Å². The van der Waals surface area contributed by atoms with E-state index in [1.807, 2.05) is 24.3 Å². The van der Waals surface area contributed by atoms with E-state index < -0.39 is 11.9 Å². The summed E-state index contributed by atoms with van der Waals surface area (Å²) in [5, 5.41) is 12.9. The highest BCUT2D eigenvalue weighted by Gasteiger charge is 2.33. The molecule has 1 heterocycles. The smallest absolute Gasteiger partial charge is 0.329 e. The van der Waals surface area contributed by atoms with E-state index in [1.54, 1.807) is 19.1 Å². The van der Waals surface area contributed by atoms with Gasteiger partial charge in [0.15, 0.2) is 11.5 Å². The number of imide groups is 1. The molecule has 3 rings (SSSR count). The number of hydrogen-bond donors (Lipinski definition) is 2. The Morgan fingerprint density at radius 1 is 1.15 bits per heavy atom. The SMILES string of the molecule is CCOc1cc(Br)cc(/C=C2/NC(=O)N(Cc3ccc(Br)cc3)C2=O)c1O. The van der Waals surface area contributed by atoms with Crippen LogP contribution in [0.3, 0.4) is 0 Å². The molecular weight excluding hydrogens is 480 g/mol. The number of halogens is 2. The number of phenolic OH excluding ortho intramolecular Hbond substituents is 1. The van der Waals surface area contributed by atoms with Crippen molar-refractivity contribution >= 4 is 49.9 Å². The maximum Gasteiger partial charge on any atom is 0.329 e. The number of benzene rings is 2. The van der Waals surface area contributed by atoms with E-state index in [9.17, 15) is 14.7 Å². The highest BCUT2D eigenvalue weighted by molar-refractivity contribution is 9.10. The van der Waals surface area contributed by atoms with Gasteiger partial charge in [0.2, 0.25) is 0 Å². The van der Waals surface area contributed by atoms with Gasteiger partial charge in [-0.3, -0.25) is 9.69 Å². The molecule has 1 aliphatic heterocycles. The number of rotatable bonds is 5. The van der Waals surface area contributed by atoms with E-state index in [0.717, 1.165) is 14.9 Å². The predicted molar refractivity (Wildman–Crippen MR) is 108 cm³/mol. The molecule has 0 aromatic heterocycles. The van der Waals surface area contributed by atoms with Crippen molar-refractivity contribution in [3.05, 3.63) is 62.2 Å². The molecule has 2 aromatic carbocycles. The second-order valence-electron chi connectivity index (χ2n) is 5.78. The zero-order chi connectivity index (χ0) is 19.6. The van der Waals surface area contributed by atoms with Crippen molar-refractivity contribution < 1.29 is 19.4 Å². The maximum atomic E-state index is 12.6. The fourth-order valence-electron chi connectivity index (χ4n) is 2.61. The minimum Gasteiger partial charge on any atom is -0.504 e. The van der Waals surface area contributed by atoms with Gasteiger partial charge in [-0.2, -0.15) is 0 Å². The molecule has 1 aliphatic rings. The van der Waals surface area contributed by atoms with Gasteiger partial charge in [-0.05, 0) is 42.8 Å². The molecule has 0 atom stereocenters. The number of aromatic hydroxyl groups is 1. The van der Waals surface area contributed by atoms with Crippen LogP contribution >= 0.6 is 31.9 Å². The Morgan fingerprint density at radius 3 is 2.52 bits per heavy atom. The Labute approximate surface area is 173 Å².